The van der Waals surface area contributed by atoms with Crippen molar-refractivity contribution in [1.82, 2.24) is 9.97 Å². The predicted octanol–water partition coefficient (Wildman–Crippen LogP) is 4.00. The maximum absolute atomic E-state index is 5.97. The summed E-state index contributed by atoms with van der Waals surface area (Å²) in [5, 5.41) is 7.31. The molecule has 5 heteroatoms. The topological polar surface area (TPSA) is 49.8 Å². The fourth-order valence-corrected chi connectivity index (χ4v) is 2.16. The van der Waals surface area contributed by atoms with Crippen LogP contribution in [0.15, 0.2) is 36.5 Å². The zero-order valence-corrected chi connectivity index (χ0v) is 13.0. The molecule has 0 saturated carbocycles. The van der Waals surface area contributed by atoms with Crippen molar-refractivity contribution in [1.29, 1.82) is 0 Å². The van der Waals surface area contributed by atoms with E-state index in [4.69, 9.17) is 11.6 Å². The van der Waals surface area contributed by atoms with Crippen LogP contribution in [0.5, 0.6) is 0 Å². The van der Waals surface area contributed by atoms with Gasteiger partial charge in [0.05, 0.1) is 0 Å². The molecule has 21 heavy (non-hydrogen) atoms. The molecular weight excluding hydrogens is 284 g/mol. The van der Waals surface area contributed by atoms with Crippen molar-refractivity contribution in [3.8, 4) is 0 Å². The van der Waals surface area contributed by atoms with E-state index in [2.05, 4.69) is 33.6 Å². The van der Waals surface area contributed by atoms with Gasteiger partial charge >= 0.3 is 0 Å². The van der Waals surface area contributed by atoms with Crippen LogP contribution in [-0.4, -0.2) is 23.1 Å². The molecule has 0 bridgehead atoms. The van der Waals surface area contributed by atoms with Gasteiger partial charge in [0.25, 0.3) is 0 Å². The summed E-state index contributed by atoms with van der Waals surface area (Å²) in [6, 6.07) is 9.80. The van der Waals surface area contributed by atoms with Gasteiger partial charge in [-0.05, 0) is 36.6 Å². The predicted molar refractivity (Wildman–Crippen MR) is 89.1 cm³/mol. The molecule has 0 atom stereocenters. The molecule has 4 nitrogen and oxygen atoms in total. The summed E-state index contributed by atoms with van der Waals surface area (Å²) >= 11 is 5.97. The summed E-state index contributed by atoms with van der Waals surface area (Å²) in [6.45, 7) is 3.88. The Labute approximate surface area is 131 Å². The van der Waals surface area contributed by atoms with Crippen molar-refractivity contribution in [3.63, 3.8) is 0 Å². The first-order valence-electron chi connectivity index (χ1n) is 7.33. The van der Waals surface area contributed by atoms with Crippen molar-refractivity contribution in [2.75, 3.05) is 23.7 Å². The van der Waals surface area contributed by atoms with Crippen LogP contribution < -0.4 is 10.6 Å². The summed E-state index contributed by atoms with van der Waals surface area (Å²) in [7, 11) is 0. The summed E-state index contributed by atoms with van der Waals surface area (Å²) < 4.78 is 0. The molecular formula is C16H21ClN4. The third-order valence-corrected chi connectivity index (χ3v) is 3.31. The van der Waals surface area contributed by atoms with E-state index in [-0.39, 0.29) is 0 Å². The Balaban J connectivity index is 1.81. The number of rotatable bonds is 8. The van der Waals surface area contributed by atoms with E-state index in [1.54, 1.807) is 6.20 Å². The maximum atomic E-state index is 5.97. The molecule has 0 aliphatic carbocycles. The van der Waals surface area contributed by atoms with E-state index < -0.39 is 0 Å². The number of hydrogen-bond acceptors (Lipinski definition) is 4. The van der Waals surface area contributed by atoms with Gasteiger partial charge in [-0.25, -0.2) is 4.98 Å². The number of halogens is 1. The molecule has 1 heterocycles. The first kappa shape index (κ1) is 15.6. The lowest BCUT2D eigenvalue weighted by Crippen LogP contribution is -2.09. The lowest BCUT2D eigenvalue weighted by atomic mass is 10.1. The summed E-state index contributed by atoms with van der Waals surface area (Å²) in [6.07, 6.45) is 4.95. The van der Waals surface area contributed by atoms with Crippen molar-refractivity contribution in [2.45, 2.75) is 26.2 Å². The largest absolute Gasteiger partial charge is 0.370 e. The van der Waals surface area contributed by atoms with Crippen LogP contribution in [0, 0.1) is 0 Å². The minimum absolute atomic E-state index is 0.677. The highest BCUT2D eigenvalue weighted by molar-refractivity contribution is 6.30. The zero-order valence-electron chi connectivity index (χ0n) is 12.3. The lowest BCUT2D eigenvalue weighted by Gasteiger charge is -2.08. The van der Waals surface area contributed by atoms with Gasteiger partial charge in [-0.2, -0.15) is 4.98 Å². The quantitative estimate of drug-likeness (QED) is 0.724. The molecule has 1 aromatic carbocycles. The number of nitrogens with one attached hydrogen (secondary N) is 2. The smallest absolute Gasteiger partial charge is 0.224 e. The van der Waals surface area contributed by atoms with E-state index >= 15 is 0 Å². The van der Waals surface area contributed by atoms with Crippen LogP contribution in [0.4, 0.5) is 11.8 Å². The number of unbranched alkanes of at least 4 members (excludes halogenated alkanes) is 1. The second-order valence-electron chi connectivity index (χ2n) is 4.85. The van der Waals surface area contributed by atoms with Crippen molar-refractivity contribution >= 4 is 23.4 Å². The maximum Gasteiger partial charge on any atom is 0.224 e. The zero-order chi connectivity index (χ0) is 14.9. The second-order valence-corrected chi connectivity index (χ2v) is 5.29. The van der Waals surface area contributed by atoms with E-state index in [0.29, 0.717) is 5.95 Å². The van der Waals surface area contributed by atoms with Crippen LogP contribution in [-0.2, 0) is 6.42 Å². The Kier molecular flexibility index (Phi) is 6.28. The summed E-state index contributed by atoms with van der Waals surface area (Å²) in [5.41, 5.74) is 1.21. The van der Waals surface area contributed by atoms with E-state index in [9.17, 15) is 0 Å². The number of anilines is 2. The lowest BCUT2D eigenvalue weighted by molar-refractivity contribution is 0.826. The fourth-order valence-electron chi connectivity index (χ4n) is 1.95. The molecule has 2 rings (SSSR count). The summed E-state index contributed by atoms with van der Waals surface area (Å²) in [5.74, 6) is 1.52. The molecule has 2 N–H and O–H groups in total. The molecule has 0 aliphatic heterocycles. The van der Waals surface area contributed by atoms with Crippen LogP contribution in [0.3, 0.4) is 0 Å². The fraction of sp³-hybridized carbons (Fsp3) is 0.375. The van der Waals surface area contributed by atoms with E-state index in [1.165, 1.54) is 5.56 Å². The third-order valence-electron chi connectivity index (χ3n) is 3.08. The van der Waals surface area contributed by atoms with Crippen LogP contribution in [0.1, 0.15) is 25.3 Å². The second kappa shape index (κ2) is 8.47. The number of aromatic nitrogens is 2. The molecule has 112 valence electrons. The standard InChI is InChI=1S/C16H21ClN4/c1-2-3-9-19-16-20-11-8-15(21-16)18-10-7-13-5-4-6-14(17)12-13/h4-6,8,11-12H,2-3,7,9-10H2,1H3,(H2,18,19,20,21). The van der Waals surface area contributed by atoms with Gasteiger partial charge in [-0.3, -0.25) is 0 Å². The van der Waals surface area contributed by atoms with Gasteiger partial charge in [0.1, 0.15) is 5.82 Å². The molecule has 0 saturated heterocycles. The van der Waals surface area contributed by atoms with Gasteiger partial charge in [0.2, 0.25) is 5.95 Å². The van der Waals surface area contributed by atoms with Gasteiger partial charge < -0.3 is 10.6 Å². The molecule has 1 aromatic heterocycles. The van der Waals surface area contributed by atoms with Crippen molar-refractivity contribution < 1.29 is 0 Å². The highest BCUT2D eigenvalue weighted by atomic mass is 35.5. The highest BCUT2D eigenvalue weighted by Crippen LogP contribution is 2.11. The first-order chi connectivity index (χ1) is 10.3. The normalized spacial score (nSPS) is 10.4. The van der Waals surface area contributed by atoms with E-state index in [1.807, 2.05) is 24.3 Å². The van der Waals surface area contributed by atoms with Gasteiger partial charge in [0.15, 0.2) is 0 Å². The number of nitrogens with zero attached hydrogens (tertiary/aromatic N) is 2. The van der Waals surface area contributed by atoms with E-state index in [0.717, 1.165) is 43.2 Å². The van der Waals surface area contributed by atoms with Crippen LogP contribution in [0.2, 0.25) is 5.02 Å². The summed E-state index contributed by atoms with van der Waals surface area (Å²) in [4.78, 5) is 8.64. The number of benzene rings is 1. The van der Waals surface area contributed by atoms with Crippen LogP contribution in [0.25, 0.3) is 0 Å². The first-order valence-corrected chi connectivity index (χ1v) is 7.71. The highest BCUT2D eigenvalue weighted by Gasteiger charge is 1.99. The molecule has 0 fully saturated rings. The average Bonchev–Trinajstić information content (AvgIpc) is 2.48. The Morgan fingerprint density at radius 2 is 2.05 bits per heavy atom. The number of hydrogen-bond donors (Lipinski definition) is 2. The molecule has 0 amide bonds. The van der Waals surface area contributed by atoms with Gasteiger partial charge in [-0.15, -0.1) is 0 Å². The third kappa shape index (κ3) is 5.60. The Hall–Kier alpha value is -1.81. The van der Waals surface area contributed by atoms with Gasteiger partial charge in [-0.1, -0.05) is 37.1 Å². The van der Waals surface area contributed by atoms with Gasteiger partial charge in [0, 0.05) is 24.3 Å². The minimum Gasteiger partial charge on any atom is -0.370 e. The van der Waals surface area contributed by atoms with Crippen molar-refractivity contribution in [2.24, 2.45) is 0 Å². The molecule has 0 radical (unpaired) electrons. The minimum atomic E-state index is 0.677. The SMILES string of the molecule is CCCCNc1nccc(NCCc2cccc(Cl)c2)n1. The molecule has 0 unspecified atom stereocenters. The molecule has 2 aromatic rings. The average molecular weight is 305 g/mol. The molecule has 0 aliphatic rings. The monoisotopic (exact) mass is 304 g/mol. The Morgan fingerprint density at radius 1 is 1.14 bits per heavy atom. The Bertz CT molecular complexity index is 559. The molecule has 0 spiro atoms. The Morgan fingerprint density at radius 3 is 2.86 bits per heavy atom. The van der Waals surface area contributed by atoms with Crippen LogP contribution >= 0.6 is 11.6 Å². The van der Waals surface area contributed by atoms with Crippen molar-refractivity contribution in [3.05, 3.63) is 47.1 Å².